The Morgan fingerprint density at radius 3 is 1.05 bits per heavy atom. The van der Waals surface area contributed by atoms with Gasteiger partial charge < -0.3 is 20.6 Å². The Morgan fingerprint density at radius 1 is 0.410 bits per heavy atom. The molecule has 0 rings (SSSR count). The van der Waals surface area contributed by atoms with E-state index in [2.05, 4.69) is 43.5 Å². The fraction of sp³-hybridized carbons (Fsp3) is 0.875. The predicted molar refractivity (Wildman–Crippen MR) is 268 cm³/mol. The van der Waals surface area contributed by atoms with Crippen LogP contribution in [0.4, 0.5) is 0 Å². The summed E-state index contributed by atoms with van der Waals surface area (Å²) in [6, 6.07) is -0.766. The third kappa shape index (κ3) is 47.9. The SMILES string of the molecule is CCCCCCCCCCCCCCCC/C=C/CC/C=C/CC/C=C/C(O)C(CO)NC(=O)CC(O)CCCCCCCCCCCCCCCCCCCCCCCC. The summed E-state index contributed by atoms with van der Waals surface area (Å²) in [5.74, 6) is -0.325. The minimum atomic E-state index is -0.959. The molecule has 4 N–H and O–H groups in total. The lowest BCUT2D eigenvalue weighted by atomic mass is 10.0. The molecule has 0 bridgehead atoms. The van der Waals surface area contributed by atoms with Gasteiger partial charge in [0.05, 0.1) is 31.3 Å². The summed E-state index contributed by atoms with van der Waals surface area (Å²) in [5.41, 5.74) is 0. The standard InChI is InChI=1S/C56H107NO4/c1-3-5-7-9-11-13-15-17-19-21-23-25-27-28-30-32-34-36-38-40-42-44-46-48-50-55(60)54(52-58)57-56(61)51-53(59)49-47-45-43-41-39-37-35-33-31-29-26-24-22-20-18-16-14-12-10-8-6-4-2/h32,34,40,42,48,50,53-55,58-60H,3-31,33,35-39,41,43-47,49,51-52H2,1-2H3,(H,57,61)/b34-32+,42-40+,50-48+. The predicted octanol–water partition coefficient (Wildman–Crippen LogP) is 16.7. The molecule has 5 nitrogen and oxygen atoms in total. The molecule has 3 unspecified atom stereocenters. The molecule has 1 amide bonds. The quantitative estimate of drug-likeness (QED) is 0.0362. The third-order valence-electron chi connectivity index (χ3n) is 12.7. The van der Waals surface area contributed by atoms with Crippen LogP contribution >= 0.6 is 0 Å². The molecular weight excluding hydrogens is 751 g/mol. The van der Waals surface area contributed by atoms with E-state index in [1.807, 2.05) is 6.08 Å². The normalized spacial score (nSPS) is 13.6. The van der Waals surface area contributed by atoms with E-state index < -0.39 is 18.2 Å². The van der Waals surface area contributed by atoms with Crippen molar-refractivity contribution in [1.82, 2.24) is 5.32 Å². The van der Waals surface area contributed by atoms with Crippen LogP contribution in [0.1, 0.15) is 290 Å². The van der Waals surface area contributed by atoms with E-state index in [9.17, 15) is 20.1 Å². The highest BCUT2D eigenvalue weighted by Gasteiger charge is 2.20. The highest BCUT2D eigenvalue weighted by Crippen LogP contribution is 2.17. The van der Waals surface area contributed by atoms with Crippen molar-refractivity contribution in [2.75, 3.05) is 6.61 Å². The van der Waals surface area contributed by atoms with Gasteiger partial charge >= 0.3 is 0 Å². The number of amides is 1. The number of aliphatic hydroxyl groups is 3. The molecule has 0 aromatic heterocycles. The molecule has 0 spiro atoms. The molecule has 0 aliphatic carbocycles. The Bertz CT molecular complexity index is 947. The van der Waals surface area contributed by atoms with Crippen molar-refractivity contribution >= 4 is 5.91 Å². The maximum absolute atomic E-state index is 12.5. The lowest BCUT2D eigenvalue weighted by molar-refractivity contribution is -0.124. The Kier molecular flexibility index (Phi) is 50.0. The fourth-order valence-corrected chi connectivity index (χ4v) is 8.49. The highest BCUT2D eigenvalue weighted by molar-refractivity contribution is 5.76. The second-order valence-corrected chi connectivity index (χ2v) is 18.8. The molecule has 5 heteroatoms. The van der Waals surface area contributed by atoms with Crippen LogP contribution in [-0.2, 0) is 4.79 Å². The number of allylic oxidation sites excluding steroid dienone is 5. The molecular formula is C56H107NO4. The van der Waals surface area contributed by atoms with E-state index in [1.54, 1.807) is 6.08 Å². The number of rotatable bonds is 50. The molecule has 0 aromatic rings. The number of unbranched alkanes of at least 4 members (excludes halogenated alkanes) is 37. The maximum atomic E-state index is 12.5. The zero-order chi connectivity index (χ0) is 44.4. The number of carbonyl (C=O) groups excluding carboxylic acids is 1. The number of hydrogen-bond acceptors (Lipinski definition) is 4. The van der Waals surface area contributed by atoms with Gasteiger partial charge in [0.2, 0.25) is 5.91 Å². The highest BCUT2D eigenvalue weighted by atomic mass is 16.3. The van der Waals surface area contributed by atoms with E-state index in [0.29, 0.717) is 6.42 Å². The van der Waals surface area contributed by atoms with Gasteiger partial charge in [-0.15, -0.1) is 0 Å². The molecule has 61 heavy (non-hydrogen) atoms. The van der Waals surface area contributed by atoms with Gasteiger partial charge in [-0.25, -0.2) is 0 Å². The van der Waals surface area contributed by atoms with Crippen molar-refractivity contribution in [3.63, 3.8) is 0 Å². The minimum absolute atomic E-state index is 0.00560. The van der Waals surface area contributed by atoms with Crippen LogP contribution in [0.3, 0.4) is 0 Å². The fourth-order valence-electron chi connectivity index (χ4n) is 8.49. The Morgan fingerprint density at radius 2 is 0.705 bits per heavy atom. The van der Waals surface area contributed by atoms with Crippen molar-refractivity contribution < 1.29 is 20.1 Å². The molecule has 0 heterocycles. The van der Waals surface area contributed by atoms with Crippen LogP contribution in [0.5, 0.6) is 0 Å². The monoisotopic (exact) mass is 858 g/mol. The largest absolute Gasteiger partial charge is 0.394 e. The number of hydrogen-bond donors (Lipinski definition) is 4. The van der Waals surface area contributed by atoms with Gasteiger partial charge in [0.15, 0.2) is 0 Å². The Balaban J connectivity index is 3.63. The summed E-state index contributed by atoms with van der Waals surface area (Å²) >= 11 is 0. The molecule has 0 radical (unpaired) electrons. The second-order valence-electron chi connectivity index (χ2n) is 18.8. The first-order chi connectivity index (χ1) is 30.0. The van der Waals surface area contributed by atoms with Gasteiger partial charge in [0, 0.05) is 0 Å². The van der Waals surface area contributed by atoms with Crippen molar-refractivity contribution in [1.29, 1.82) is 0 Å². The summed E-state index contributed by atoms with van der Waals surface area (Å²) < 4.78 is 0. The van der Waals surface area contributed by atoms with Gasteiger partial charge in [-0.3, -0.25) is 4.79 Å². The molecule has 3 atom stereocenters. The topological polar surface area (TPSA) is 89.8 Å². The van der Waals surface area contributed by atoms with E-state index in [1.165, 1.54) is 225 Å². The van der Waals surface area contributed by atoms with E-state index in [4.69, 9.17) is 0 Å². The van der Waals surface area contributed by atoms with Gasteiger partial charge in [-0.2, -0.15) is 0 Å². The van der Waals surface area contributed by atoms with Gasteiger partial charge in [-0.05, 0) is 44.9 Å². The second kappa shape index (κ2) is 51.2. The first-order valence-electron chi connectivity index (χ1n) is 27.3. The average Bonchev–Trinajstić information content (AvgIpc) is 3.25. The molecule has 0 aromatic carbocycles. The number of nitrogens with one attached hydrogen (secondary N) is 1. The van der Waals surface area contributed by atoms with Crippen LogP contribution in [0.15, 0.2) is 36.5 Å². The summed E-state index contributed by atoms with van der Waals surface area (Å²) in [6.45, 7) is 4.23. The Labute approximate surface area is 381 Å². The van der Waals surface area contributed by atoms with Gasteiger partial charge in [0.25, 0.3) is 0 Å². The van der Waals surface area contributed by atoms with Crippen molar-refractivity contribution in [3.8, 4) is 0 Å². The molecule has 0 fully saturated rings. The zero-order valence-corrected chi connectivity index (χ0v) is 41.1. The van der Waals surface area contributed by atoms with Crippen LogP contribution in [0.25, 0.3) is 0 Å². The van der Waals surface area contributed by atoms with E-state index in [-0.39, 0.29) is 18.9 Å². The van der Waals surface area contributed by atoms with E-state index in [0.717, 1.165) is 38.5 Å². The summed E-state index contributed by atoms with van der Waals surface area (Å²) in [5, 5.41) is 33.4. The van der Waals surface area contributed by atoms with Crippen molar-refractivity contribution in [2.45, 2.75) is 308 Å². The maximum Gasteiger partial charge on any atom is 0.222 e. The van der Waals surface area contributed by atoms with Crippen molar-refractivity contribution in [2.24, 2.45) is 0 Å². The van der Waals surface area contributed by atoms with Crippen LogP contribution in [-0.4, -0.2) is 46.1 Å². The number of aliphatic hydroxyl groups excluding tert-OH is 3. The minimum Gasteiger partial charge on any atom is -0.394 e. The molecule has 0 saturated heterocycles. The van der Waals surface area contributed by atoms with Crippen molar-refractivity contribution in [3.05, 3.63) is 36.5 Å². The number of carbonyl (C=O) groups is 1. The van der Waals surface area contributed by atoms with Gasteiger partial charge in [0.1, 0.15) is 0 Å². The summed E-state index contributed by atoms with van der Waals surface area (Å²) in [7, 11) is 0. The smallest absolute Gasteiger partial charge is 0.222 e. The Hall–Kier alpha value is -1.43. The lowest BCUT2D eigenvalue weighted by Gasteiger charge is -2.21. The third-order valence-corrected chi connectivity index (χ3v) is 12.7. The summed E-state index contributed by atoms with van der Waals surface area (Å²) in [6.07, 6.45) is 66.1. The van der Waals surface area contributed by atoms with Gasteiger partial charge in [-0.1, -0.05) is 275 Å². The first-order valence-corrected chi connectivity index (χ1v) is 27.3. The van der Waals surface area contributed by atoms with Crippen LogP contribution < -0.4 is 5.32 Å². The molecule has 0 saturated carbocycles. The van der Waals surface area contributed by atoms with E-state index >= 15 is 0 Å². The van der Waals surface area contributed by atoms with Crippen LogP contribution in [0.2, 0.25) is 0 Å². The van der Waals surface area contributed by atoms with Crippen LogP contribution in [0, 0.1) is 0 Å². The molecule has 360 valence electrons. The lowest BCUT2D eigenvalue weighted by Crippen LogP contribution is -2.45. The first kappa shape index (κ1) is 59.6. The average molecular weight is 858 g/mol. The molecule has 0 aliphatic rings. The zero-order valence-electron chi connectivity index (χ0n) is 41.1. The molecule has 0 aliphatic heterocycles. The summed E-state index contributed by atoms with van der Waals surface area (Å²) in [4.78, 5) is 12.5.